The highest BCUT2D eigenvalue weighted by Crippen LogP contribution is 2.24. The Labute approximate surface area is 143 Å². The third kappa shape index (κ3) is 3.92. The number of carbonyl (C=O) groups is 1. The fraction of sp³-hybridized carbons (Fsp3) is 0.105. The molecule has 0 aliphatic carbocycles. The summed E-state index contributed by atoms with van der Waals surface area (Å²) >= 11 is 0. The van der Waals surface area contributed by atoms with Crippen LogP contribution in [-0.2, 0) is 0 Å². The van der Waals surface area contributed by atoms with E-state index in [1.807, 2.05) is 0 Å². The highest BCUT2D eigenvalue weighted by molar-refractivity contribution is 6.00. The van der Waals surface area contributed by atoms with E-state index in [0.717, 1.165) is 0 Å². The van der Waals surface area contributed by atoms with Gasteiger partial charge in [0.15, 0.2) is 0 Å². The number of hydrogen-bond donors (Lipinski definition) is 3. The van der Waals surface area contributed by atoms with Crippen LogP contribution in [0.2, 0.25) is 0 Å². The molecule has 0 radical (unpaired) electrons. The molecule has 6 heteroatoms. The van der Waals surface area contributed by atoms with Crippen molar-refractivity contribution >= 4 is 5.91 Å². The Bertz CT molecular complexity index is 858. The molecule has 1 atom stereocenters. The van der Waals surface area contributed by atoms with Crippen LogP contribution in [0.4, 0.5) is 8.78 Å². The number of amides is 1. The van der Waals surface area contributed by atoms with Crippen molar-refractivity contribution in [2.45, 2.75) is 6.10 Å². The van der Waals surface area contributed by atoms with E-state index in [4.69, 9.17) is 0 Å². The van der Waals surface area contributed by atoms with Crippen molar-refractivity contribution in [2.24, 2.45) is 0 Å². The zero-order valence-corrected chi connectivity index (χ0v) is 13.2. The standard InChI is InChI=1S/C19H16F2N2O2/c20-14-5-1-12(2-6-14)16-9-22-10-17(16)19(25)23-11-18(24)13-3-7-15(21)8-4-13/h1-10,18,22,24H,11H2,(H,23,25). The average molecular weight is 342 g/mol. The van der Waals surface area contributed by atoms with E-state index in [0.29, 0.717) is 22.3 Å². The van der Waals surface area contributed by atoms with Crippen LogP contribution in [0.5, 0.6) is 0 Å². The molecule has 0 saturated heterocycles. The number of hydrogen-bond acceptors (Lipinski definition) is 2. The molecule has 1 amide bonds. The maximum Gasteiger partial charge on any atom is 0.253 e. The quantitative estimate of drug-likeness (QED) is 0.665. The van der Waals surface area contributed by atoms with Crippen LogP contribution < -0.4 is 5.32 Å². The zero-order chi connectivity index (χ0) is 17.8. The van der Waals surface area contributed by atoms with E-state index >= 15 is 0 Å². The SMILES string of the molecule is O=C(NCC(O)c1ccc(F)cc1)c1c[nH]cc1-c1ccc(F)cc1. The van der Waals surface area contributed by atoms with Gasteiger partial charge >= 0.3 is 0 Å². The number of aromatic nitrogens is 1. The number of nitrogens with one attached hydrogen (secondary N) is 2. The van der Waals surface area contributed by atoms with Crippen LogP contribution in [0.1, 0.15) is 22.0 Å². The average Bonchev–Trinajstić information content (AvgIpc) is 3.10. The molecule has 0 bridgehead atoms. The lowest BCUT2D eigenvalue weighted by Gasteiger charge is -2.12. The van der Waals surface area contributed by atoms with Crippen LogP contribution in [-0.4, -0.2) is 22.5 Å². The number of rotatable bonds is 5. The predicted octanol–water partition coefficient (Wildman–Crippen LogP) is 3.42. The maximum atomic E-state index is 13.0. The Hall–Kier alpha value is -2.99. The van der Waals surface area contributed by atoms with Crippen molar-refractivity contribution in [3.63, 3.8) is 0 Å². The van der Waals surface area contributed by atoms with Crippen LogP contribution in [0.3, 0.4) is 0 Å². The number of aromatic amines is 1. The van der Waals surface area contributed by atoms with Gasteiger partial charge in [0.25, 0.3) is 5.91 Å². The molecule has 4 nitrogen and oxygen atoms in total. The smallest absolute Gasteiger partial charge is 0.253 e. The zero-order valence-electron chi connectivity index (χ0n) is 13.2. The van der Waals surface area contributed by atoms with Crippen molar-refractivity contribution < 1.29 is 18.7 Å². The van der Waals surface area contributed by atoms with E-state index in [2.05, 4.69) is 10.3 Å². The van der Waals surface area contributed by atoms with Gasteiger partial charge in [-0.1, -0.05) is 24.3 Å². The number of aliphatic hydroxyl groups is 1. The summed E-state index contributed by atoms with van der Waals surface area (Å²) in [5.41, 5.74) is 2.23. The van der Waals surface area contributed by atoms with Gasteiger partial charge in [0.05, 0.1) is 11.7 Å². The molecule has 1 heterocycles. The van der Waals surface area contributed by atoms with Gasteiger partial charge in [-0.3, -0.25) is 4.79 Å². The third-order valence-corrected chi connectivity index (χ3v) is 3.86. The third-order valence-electron chi connectivity index (χ3n) is 3.86. The number of aliphatic hydroxyl groups excluding tert-OH is 1. The Balaban J connectivity index is 1.69. The van der Waals surface area contributed by atoms with Gasteiger partial charge in [0, 0.05) is 24.5 Å². The Kier molecular flexibility index (Phi) is 4.90. The predicted molar refractivity (Wildman–Crippen MR) is 89.9 cm³/mol. The fourth-order valence-corrected chi connectivity index (χ4v) is 2.51. The minimum Gasteiger partial charge on any atom is -0.387 e. The minimum atomic E-state index is -0.947. The summed E-state index contributed by atoms with van der Waals surface area (Å²) in [5.74, 6) is -1.12. The molecular formula is C19H16F2N2O2. The lowest BCUT2D eigenvalue weighted by molar-refractivity contribution is 0.0917. The topological polar surface area (TPSA) is 65.1 Å². The van der Waals surface area contributed by atoms with E-state index < -0.39 is 11.9 Å². The number of halogens is 2. The molecule has 1 aromatic heterocycles. The molecule has 25 heavy (non-hydrogen) atoms. The Morgan fingerprint density at radius 3 is 2.24 bits per heavy atom. The minimum absolute atomic E-state index is 0.0154. The van der Waals surface area contributed by atoms with E-state index in [1.54, 1.807) is 18.3 Å². The summed E-state index contributed by atoms with van der Waals surface area (Å²) in [6.45, 7) is -0.0154. The van der Waals surface area contributed by atoms with Gasteiger partial charge in [0.1, 0.15) is 11.6 Å². The van der Waals surface area contributed by atoms with Gasteiger partial charge < -0.3 is 15.4 Å². The molecule has 0 aliphatic heterocycles. The molecule has 3 N–H and O–H groups in total. The number of benzene rings is 2. The maximum absolute atomic E-state index is 13.0. The molecule has 128 valence electrons. The molecule has 3 rings (SSSR count). The normalized spacial score (nSPS) is 12.0. The molecule has 0 saturated carbocycles. The van der Waals surface area contributed by atoms with Crippen molar-refractivity contribution in [2.75, 3.05) is 6.54 Å². The lowest BCUT2D eigenvalue weighted by atomic mass is 10.0. The van der Waals surface area contributed by atoms with Crippen molar-refractivity contribution in [3.8, 4) is 11.1 Å². The molecule has 2 aromatic carbocycles. The second kappa shape index (κ2) is 7.27. The molecule has 3 aromatic rings. The largest absolute Gasteiger partial charge is 0.387 e. The van der Waals surface area contributed by atoms with E-state index in [1.165, 1.54) is 42.6 Å². The van der Waals surface area contributed by atoms with E-state index in [9.17, 15) is 18.7 Å². The summed E-state index contributed by atoms with van der Waals surface area (Å²) in [7, 11) is 0. The van der Waals surface area contributed by atoms with E-state index in [-0.39, 0.29) is 18.3 Å². The highest BCUT2D eigenvalue weighted by Gasteiger charge is 2.16. The molecular weight excluding hydrogens is 326 g/mol. The van der Waals surface area contributed by atoms with Crippen LogP contribution in [0.25, 0.3) is 11.1 Å². The van der Waals surface area contributed by atoms with Gasteiger partial charge in [0.2, 0.25) is 0 Å². The monoisotopic (exact) mass is 342 g/mol. The summed E-state index contributed by atoms with van der Waals surface area (Å²) in [6.07, 6.45) is 2.24. The van der Waals surface area contributed by atoms with Gasteiger partial charge in [-0.25, -0.2) is 8.78 Å². The van der Waals surface area contributed by atoms with Gasteiger partial charge in [-0.15, -0.1) is 0 Å². The lowest BCUT2D eigenvalue weighted by Crippen LogP contribution is -2.28. The summed E-state index contributed by atoms with van der Waals surface area (Å²) in [6, 6.07) is 11.2. The van der Waals surface area contributed by atoms with Crippen LogP contribution >= 0.6 is 0 Å². The molecule has 0 fully saturated rings. The fourth-order valence-electron chi connectivity index (χ4n) is 2.51. The summed E-state index contributed by atoms with van der Waals surface area (Å²) in [4.78, 5) is 15.2. The second-order valence-corrected chi connectivity index (χ2v) is 5.57. The Morgan fingerprint density at radius 1 is 1.00 bits per heavy atom. The first kappa shape index (κ1) is 16.9. The molecule has 0 spiro atoms. The molecule has 1 unspecified atom stereocenters. The first-order valence-electron chi connectivity index (χ1n) is 7.69. The first-order valence-corrected chi connectivity index (χ1v) is 7.69. The highest BCUT2D eigenvalue weighted by atomic mass is 19.1. The van der Waals surface area contributed by atoms with Crippen LogP contribution in [0, 0.1) is 11.6 Å². The second-order valence-electron chi connectivity index (χ2n) is 5.57. The van der Waals surface area contributed by atoms with Crippen molar-refractivity contribution in [1.29, 1.82) is 0 Å². The van der Waals surface area contributed by atoms with Gasteiger partial charge in [-0.05, 0) is 35.4 Å². The number of carbonyl (C=O) groups excluding carboxylic acids is 1. The first-order chi connectivity index (χ1) is 12.0. The van der Waals surface area contributed by atoms with Gasteiger partial charge in [-0.2, -0.15) is 0 Å². The number of H-pyrrole nitrogens is 1. The van der Waals surface area contributed by atoms with Crippen molar-refractivity contribution in [1.82, 2.24) is 10.3 Å². The molecule has 0 aliphatic rings. The summed E-state index contributed by atoms with van der Waals surface area (Å²) < 4.78 is 25.9. The Morgan fingerprint density at radius 2 is 1.60 bits per heavy atom. The van der Waals surface area contributed by atoms with Crippen molar-refractivity contribution in [3.05, 3.63) is 83.7 Å². The van der Waals surface area contributed by atoms with Crippen LogP contribution in [0.15, 0.2) is 60.9 Å². The summed E-state index contributed by atoms with van der Waals surface area (Å²) in [5, 5.41) is 12.7.